The third kappa shape index (κ3) is 6.33. The SMILES string of the molecule is C[C@H](CC(C)(C)c1ccccc1)NC(=O)CSCc1ccc(Cl)cc1F. The van der Waals surface area contributed by atoms with E-state index in [0.717, 1.165) is 6.42 Å². The van der Waals surface area contributed by atoms with E-state index < -0.39 is 0 Å². The highest BCUT2D eigenvalue weighted by atomic mass is 35.5. The summed E-state index contributed by atoms with van der Waals surface area (Å²) in [7, 11) is 0. The number of nitrogens with one attached hydrogen (secondary N) is 1. The second-order valence-electron chi connectivity index (χ2n) is 7.15. The molecule has 1 N–H and O–H groups in total. The Morgan fingerprint density at radius 1 is 1.23 bits per heavy atom. The zero-order chi connectivity index (χ0) is 19.2. The molecule has 2 rings (SSSR count). The molecule has 0 radical (unpaired) electrons. The zero-order valence-electron chi connectivity index (χ0n) is 15.4. The Labute approximate surface area is 164 Å². The van der Waals surface area contributed by atoms with Gasteiger partial charge in [-0.3, -0.25) is 4.79 Å². The van der Waals surface area contributed by atoms with Gasteiger partial charge >= 0.3 is 0 Å². The molecule has 2 aromatic carbocycles. The molecular weight excluding hydrogens is 369 g/mol. The number of thioether (sulfide) groups is 1. The number of halogens is 2. The van der Waals surface area contributed by atoms with Gasteiger partial charge in [-0.25, -0.2) is 4.39 Å². The molecule has 140 valence electrons. The van der Waals surface area contributed by atoms with Crippen molar-refractivity contribution in [3.05, 3.63) is 70.5 Å². The zero-order valence-corrected chi connectivity index (χ0v) is 17.0. The minimum absolute atomic E-state index is 0.0203. The van der Waals surface area contributed by atoms with Crippen LogP contribution in [0.1, 0.15) is 38.3 Å². The highest BCUT2D eigenvalue weighted by molar-refractivity contribution is 7.99. The summed E-state index contributed by atoms with van der Waals surface area (Å²) >= 11 is 7.14. The summed E-state index contributed by atoms with van der Waals surface area (Å²) in [5.41, 5.74) is 1.80. The molecule has 2 nitrogen and oxygen atoms in total. The maximum absolute atomic E-state index is 13.7. The summed E-state index contributed by atoms with van der Waals surface area (Å²) in [5, 5.41) is 3.42. The summed E-state index contributed by atoms with van der Waals surface area (Å²) < 4.78 is 13.7. The summed E-state index contributed by atoms with van der Waals surface area (Å²) in [4.78, 5) is 12.2. The topological polar surface area (TPSA) is 29.1 Å². The van der Waals surface area contributed by atoms with Crippen LogP contribution in [-0.4, -0.2) is 17.7 Å². The number of hydrogen-bond acceptors (Lipinski definition) is 2. The molecule has 0 spiro atoms. The lowest BCUT2D eigenvalue weighted by molar-refractivity contribution is -0.119. The number of rotatable bonds is 8. The lowest BCUT2D eigenvalue weighted by Crippen LogP contribution is -2.38. The molecule has 0 aliphatic carbocycles. The molecule has 5 heteroatoms. The van der Waals surface area contributed by atoms with Gasteiger partial charge in [0.05, 0.1) is 5.75 Å². The van der Waals surface area contributed by atoms with Gasteiger partial charge in [-0.15, -0.1) is 11.8 Å². The third-order valence-corrected chi connectivity index (χ3v) is 5.50. The van der Waals surface area contributed by atoms with Crippen molar-refractivity contribution in [1.29, 1.82) is 0 Å². The van der Waals surface area contributed by atoms with Crippen LogP contribution in [0.2, 0.25) is 5.02 Å². The van der Waals surface area contributed by atoms with Crippen molar-refractivity contribution in [1.82, 2.24) is 5.32 Å². The highest BCUT2D eigenvalue weighted by Gasteiger charge is 2.23. The maximum atomic E-state index is 13.7. The molecule has 0 saturated heterocycles. The first-order chi connectivity index (χ1) is 12.3. The van der Waals surface area contributed by atoms with Crippen LogP contribution in [0.4, 0.5) is 4.39 Å². The smallest absolute Gasteiger partial charge is 0.230 e. The Kier molecular flexibility index (Phi) is 7.54. The predicted molar refractivity (Wildman–Crippen MR) is 109 cm³/mol. The van der Waals surface area contributed by atoms with Crippen molar-refractivity contribution >= 4 is 29.3 Å². The molecule has 26 heavy (non-hydrogen) atoms. The van der Waals surface area contributed by atoms with E-state index >= 15 is 0 Å². The number of hydrogen-bond donors (Lipinski definition) is 1. The lowest BCUT2D eigenvalue weighted by Gasteiger charge is -2.29. The normalized spacial score (nSPS) is 12.7. The second-order valence-corrected chi connectivity index (χ2v) is 8.57. The van der Waals surface area contributed by atoms with Gasteiger partial charge in [0.15, 0.2) is 0 Å². The average Bonchev–Trinajstić information content (AvgIpc) is 2.57. The molecule has 2 aromatic rings. The fourth-order valence-electron chi connectivity index (χ4n) is 3.03. The Hall–Kier alpha value is -1.52. The molecule has 1 amide bonds. The van der Waals surface area contributed by atoms with Crippen molar-refractivity contribution in [3.63, 3.8) is 0 Å². The summed E-state index contributed by atoms with van der Waals surface area (Å²) in [5.74, 6) is 0.391. The fourth-order valence-corrected chi connectivity index (χ4v) is 4.02. The van der Waals surface area contributed by atoms with Gasteiger partial charge in [0, 0.05) is 16.8 Å². The first-order valence-electron chi connectivity index (χ1n) is 8.64. The molecule has 0 saturated carbocycles. The Balaban J connectivity index is 1.78. The van der Waals surface area contributed by atoms with Gasteiger partial charge in [-0.05, 0) is 42.0 Å². The molecule has 0 aliphatic heterocycles. The van der Waals surface area contributed by atoms with Crippen molar-refractivity contribution in [3.8, 4) is 0 Å². The van der Waals surface area contributed by atoms with Gasteiger partial charge in [-0.1, -0.05) is 61.8 Å². The predicted octanol–water partition coefficient (Wildman–Crippen LogP) is 5.58. The van der Waals surface area contributed by atoms with Gasteiger partial charge in [-0.2, -0.15) is 0 Å². The quantitative estimate of drug-likeness (QED) is 0.633. The van der Waals surface area contributed by atoms with E-state index in [4.69, 9.17) is 11.6 Å². The summed E-state index contributed by atoms with van der Waals surface area (Å²) in [6, 6.07) is 15.0. The van der Waals surface area contributed by atoms with Crippen LogP contribution in [0.5, 0.6) is 0 Å². The first-order valence-corrected chi connectivity index (χ1v) is 10.2. The minimum atomic E-state index is -0.330. The van der Waals surface area contributed by atoms with E-state index in [1.807, 2.05) is 25.1 Å². The molecule has 0 aromatic heterocycles. The second kappa shape index (κ2) is 9.43. The molecule has 0 unspecified atom stereocenters. The van der Waals surface area contributed by atoms with Crippen LogP contribution in [0.25, 0.3) is 0 Å². The van der Waals surface area contributed by atoms with Crippen LogP contribution in [-0.2, 0) is 16.0 Å². The fraction of sp³-hybridized carbons (Fsp3) is 0.381. The molecule has 0 heterocycles. The Morgan fingerprint density at radius 3 is 2.58 bits per heavy atom. The Bertz CT molecular complexity index is 736. The van der Waals surface area contributed by atoms with Crippen LogP contribution < -0.4 is 5.32 Å². The molecular formula is C21H25ClFNOS. The van der Waals surface area contributed by atoms with Crippen molar-refractivity contribution in [2.24, 2.45) is 0 Å². The van der Waals surface area contributed by atoms with E-state index in [1.165, 1.54) is 23.4 Å². The highest BCUT2D eigenvalue weighted by Crippen LogP contribution is 2.28. The average molecular weight is 394 g/mol. The van der Waals surface area contributed by atoms with E-state index in [9.17, 15) is 9.18 Å². The maximum Gasteiger partial charge on any atom is 0.230 e. The van der Waals surface area contributed by atoms with E-state index in [2.05, 4.69) is 31.3 Å². The summed E-state index contributed by atoms with van der Waals surface area (Å²) in [6.45, 7) is 6.39. The van der Waals surface area contributed by atoms with Gasteiger partial charge in [0.1, 0.15) is 5.82 Å². The largest absolute Gasteiger partial charge is 0.353 e. The summed E-state index contributed by atoms with van der Waals surface area (Å²) in [6.07, 6.45) is 0.846. The van der Waals surface area contributed by atoms with Gasteiger partial charge < -0.3 is 5.32 Å². The standard InChI is InChI=1S/C21H25ClFNOS/c1-15(12-21(2,3)17-7-5-4-6-8-17)24-20(25)14-26-13-16-9-10-18(22)11-19(16)23/h4-11,15H,12-14H2,1-3H3,(H,24,25)/t15-/m1/s1. The minimum Gasteiger partial charge on any atom is -0.353 e. The molecule has 1 atom stereocenters. The van der Waals surface area contributed by atoms with Crippen LogP contribution in [0, 0.1) is 5.82 Å². The van der Waals surface area contributed by atoms with Gasteiger partial charge in [0.2, 0.25) is 5.91 Å². The monoisotopic (exact) mass is 393 g/mol. The van der Waals surface area contributed by atoms with Crippen LogP contribution in [0.3, 0.4) is 0 Å². The molecule has 0 aliphatic rings. The first kappa shape index (κ1) is 20.8. The van der Waals surface area contributed by atoms with Crippen molar-refractivity contribution in [2.45, 2.75) is 44.4 Å². The van der Waals surface area contributed by atoms with Crippen LogP contribution >= 0.6 is 23.4 Å². The van der Waals surface area contributed by atoms with E-state index in [0.29, 0.717) is 22.1 Å². The van der Waals surface area contributed by atoms with E-state index in [-0.39, 0.29) is 23.2 Å². The molecule has 0 fully saturated rings. The Morgan fingerprint density at radius 2 is 1.92 bits per heavy atom. The number of carbonyl (C=O) groups excluding carboxylic acids is 1. The lowest BCUT2D eigenvalue weighted by atomic mass is 9.79. The number of benzene rings is 2. The van der Waals surface area contributed by atoms with Crippen molar-refractivity contribution in [2.75, 3.05) is 5.75 Å². The van der Waals surface area contributed by atoms with Gasteiger partial charge in [0.25, 0.3) is 0 Å². The number of amides is 1. The van der Waals surface area contributed by atoms with Crippen LogP contribution in [0.15, 0.2) is 48.5 Å². The third-order valence-electron chi connectivity index (χ3n) is 4.28. The van der Waals surface area contributed by atoms with E-state index in [1.54, 1.807) is 12.1 Å². The molecule has 0 bridgehead atoms. The number of carbonyl (C=O) groups is 1. The van der Waals surface area contributed by atoms with Crippen molar-refractivity contribution < 1.29 is 9.18 Å².